The summed E-state index contributed by atoms with van der Waals surface area (Å²) in [5, 5.41) is 8.36. The van der Waals surface area contributed by atoms with Crippen molar-refractivity contribution >= 4 is 5.91 Å². The molecule has 0 unspecified atom stereocenters. The maximum absolute atomic E-state index is 10.6. The van der Waals surface area contributed by atoms with E-state index in [2.05, 4.69) is 0 Å². The van der Waals surface area contributed by atoms with Crippen LogP contribution in [0.25, 0.3) is 0 Å². The van der Waals surface area contributed by atoms with Gasteiger partial charge in [0.05, 0.1) is 0 Å². The van der Waals surface area contributed by atoms with Crippen LogP contribution in [0.15, 0.2) is 24.3 Å². The molecular weight excluding hydrogens is 156 g/mol. The molecular formula is C8H10N2O2. The summed E-state index contributed by atoms with van der Waals surface area (Å²) in [4.78, 5) is 10.6. The molecule has 0 atom stereocenters. The summed E-state index contributed by atoms with van der Waals surface area (Å²) in [5.74, 6) is -0.446. The molecule has 4 heteroatoms. The highest BCUT2D eigenvalue weighted by atomic mass is 16.5. The first-order chi connectivity index (χ1) is 5.74. The molecule has 0 spiro atoms. The molecule has 1 aromatic rings. The Morgan fingerprint density at radius 1 is 1.42 bits per heavy atom. The number of hydrogen-bond acceptors (Lipinski definition) is 3. The van der Waals surface area contributed by atoms with E-state index in [0.717, 1.165) is 5.56 Å². The van der Waals surface area contributed by atoms with E-state index in [1.165, 1.54) is 0 Å². The lowest BCUT2D eigenvalue weighted by Crippen LogP contribution is -2.11. The van der Waals surface area contributed by atoms with E-state index < -0.39 is 5.91 Å². The van der Waals surface area contributed by atoms with Crippen LogP contribution in [0.5, 0.6) is 0 Å². The van der Waals surface area contributed by atoms with Gasteiger partial charge in [-0.1, -0.05) is 12.1 Å². The zero-order chi connectivity index (χ0) is 8.97. The normalized spacial score (nSPS) is 9.75. The van der Waals surface area contributed by atoms with Gasteiger partial charge in [-0.25, -0.2) is 5.48 Å². The Balaban J connectivity index is 2.78. The average Bonchev–Trinajstić information content (AvgIpc) is 2.06. The molecule has 12 heavy (non-hydrogen) atoms. The van der Waals surface area contributed by atoms with E-state index in [0.29, 0.717) is 12.1 Å². The van der Waals surface area contributed by atoms with Gasteiger partial charge in [0.25, 0.3) is 0 Å². The van der Waals surface area contributed by atoms with Crippen molar-refractivity contribution in [3.05, 3.63) is 35.4 Å². The molecule has 0 fully saturated rings. The van der Waals surface area contributed by atoms with E-state index in [1.54, 1.807) is 24.3 Å². The molecule has 1 rings (SSSR count). The van der Waals surface area contributed by atoms with Crippen molar-refractivity contribution in [2.24, 2.45) is 5.73 Å². The van der Waals surface area contributed by atoms with Crippen LogP contribution >= 0.6 is 0 Å². The minimum atomic E-state index is -0.446. The molecule has 0 saturated carbocycles. The van der Waals surface area contributed by atoms with Crippen LogP contribution in [0, 0.1) is 0 Å². The number of hydrogen-bond donors (Lipinski definition) is 3. The van der Waals surface area contributed by atoms with Gasteiger partial charge in [-0.2, -0.15) is 0 Å². The lowest BCUT2D eigenvalue weighted by molar-refractivity contribution is 0.100. The first kappa shape index (κ1) is 8.70. The molecule has 0 saturated heterocycles. The summed E-state index contributed by atoms with van der Waals surface area (Å²) in [7, 11) is 0. The van der Waals surface area contributed by atoms with Crippen molar-refractivity contribution in [3.63, 3.8) is 0 Å². The highest BCUT2D eigenvalue weighted by Gasteiger charge is 1.98. The number of amides is 1. The Hall–Kier alpha value is -1.39. The predicted molar refractivity (Wildman–Crippen MR) is 43.6 cm³/mol. The quantitative estimate of drug-likeness (QED) is 0.564. The van der Waals surface area contributed by atoms with Gasteiger partial charge in [0.2, 0.25) is 5.91 Å². The Morgan fingerprint density at radius 3 is 2.42 bits per heavy atom. The summed E-state index contributed by atoms with van der Waals surface area (Å²) in [5.41, 5.74) is 8.41. The van der Waals surface area contributed by atoms with Gasteiger partial charge in [-0.3, -0.25) is 4.79 Å². The van der Waals surface area contributed by atoms with Crippen molar-refractivity contribution in [1.82, 2.24) is 5.48 Å². The summed E-state index contributed by atoms with van der Waals surface area (Å²) in [6.45, 7) is 0.360. The predicted octanol–water partition coefficient (Wildman–Crippen LogP) is 0.264. The van der Waals surface area contributed by atoms with Crippen LogP contribution in [-0.4, -0.2) is 11.1 Å². The highest BCUT2D eigenvalue weighted by molar-refractivity contribution is 5.92. The second-order valence-corrected chi connectivity index (χ2v) is 2.40. The SMILES string of the molecule is NC(=O)c1ccc(CNO)cc1. The van der Waals surface area contributed by atoms with Crippen molar-refractivity contribution < 1.29 is 10.0 Å². The lowest BCUT2D eigenvalue weighted by Gasteiger charge is -1.99. The van der Waals surface area contributed by atoms with E-state index >= 15 is 0 Å². The van der Waals surface area contributed by atoms with E-state index in [-0.39, 0.29) is 0 Å². The van der Waals surface area contributed by atoms with E-state index in [9.17, 15) is 4.79 Å². The fraction of sp³-hybridized carbons (Fsp3) is 0.125. The summed E-state index contributed by atoms with van der Waals surface area (Å²) in [6.07, 6.45) is 0. The third-order valence-electron chi connectivity index (χ3n) is 1.52. The van der Waals surface area contributed by atoms with Gasteiger partial charge in [0.1, 0.15) is 0 Å². The average molecular weight is 166 g/mol. The zero-order valence-corrected chi connectivity index (χ0v) is 6.45. The third-order valence-corrected chi connectivity index (χ3v) is 1.52. The van der Waals surface area contributed by atoms with E-state index in [4.69, 9.17) is 10.9 Å². The first-order valence-electron chi connectivity index (χ1n) is 3.49. The van der Waals surface area contributed by atoms with E-state index in [1.807, 2.05) is 5.48 Å². The molecule has 0 aliphatic rings. The Labute approximate surface area is 70.0 Å². The monoisotopic (exact) mass is 166 g/mol. The second-order valence-electron chi connectivity index (χ2n) is 2.40. The number of carbonyl (C=O) groups is 1. The lowest BCUT2D eigenvalue weighted by atomic mass is 10.1. The number of hydroxylamine groups is 1. The number of nitrogens with one attached hydrogen (secondary N) is 1. The Kier molecular flexibility index (Phi) is 2.79. The molecule has 1 amide bonds. The zero-order valence-electron chi connectivity index (χ0n) is 6.45. The summed E-state index contributed by atoms with van der Waals surface area (Å²) in [6, 6.07) is 6.69. The standard InChI is InChI=1S/C8H10N2O2/c9-8(11)7-3-1-6(2-4-7)5-10-12/h1-4,10,12H,5H2,(H2,9,11). The summed E-state index contributed by atoms with van der Waals surface area (Å²) < 4.78 is 0. The maximum atomic E-state index is 10.6. The molecule has 1 aromatic carbocycles. The van der Waals surface area contributed by atoms with Crippen molar-refractivity contribution in [2.75, 3.05) is 0 Å². The van der Waals surface area contributed by atoms with Crippen LogP contribution < -0.4 is 11.2 Å². The van der Waals surface area contributed by atoms with Crippen molar-refractivity contribution in [2.45, 2.75) is 6.54 Å². The molecule has 0 aliphatic carbocycles. The van der Waals surface area contributed by atoms with Gasteiger partial charge in [-0.15, -0.1) is 0 Å². The molecule has 0 aromatic heterocycles. The van der Waals surface area contributed by atoms with Crippen LogP contribution in [0.2, 0.25) is 0 Å². The molecule has 0 heterocycles. The topological polar surface area (TPSA) is 75.4 Å². The molecule has 4 N–H and O–H groups in total. The number of rotatable bonds is 3. The van der Waals surface area contributed by atoms with Gasteiger partial charge in [0, 0.05) is 12.1 Å². The minimum Gasteiger partial charge on any atom is -0.366 e. The van der Waals surface area contributed by atoms with Gasteiger partial charge >= 0.3 is 0 Å². The molecule has 0 aliphatic heterocycles. The third kappa shape index (κ3) is 2.05. The molecule has 0 bridgehead atoms. The summed E-state index contributed by atoms with van der Waals surface area (Å²) >= 11 is 0. The van der Waals surface area contributed by atoms with Gasteiger partial charge in [-0.05, 0) is 17.7 Å². The number of nitrogens with two attached hydrogens (primary N) is 1. The first-order valence-corrected chi connectivity index (χ1v) is 3.49. The minimum absolute atomic E-state index is 0.360. The second kappa shape index (κ2) is 3.85. The maximum Gasteiger partial charge on any atom is 0.248 e. The van der Waals surface area contributed by atoms with Crippen LogP contribution in [0.4, 0.5) is 0 Å². The smallest absolute Gasteiger partial charge is 0.248 e. The van der Waals surface area contributed by atoms with Crippen LogP contribution in [0.1, 0.15) is 15.9 Å². The van der Waals surface area contributed by atoms with Crippen LogP contribution in [0.3, 0.4) is 0 Å². The molecule has 0 radical (unpaired) electrons. The number of benzene rings is 1. The number of primary amides is 1. The Morgan fingerprint density at radius 2 is 2.00 bits per heavy atom. The molecule has 64 valence electrons. The fourth-order valence-electron chi connectivity index (χ4n) is 0.878. The van der Waals surface area contributed by atoms with Crippen molar-refractivity contribution in [3.8, 4) is 0 Å². The van der Waals surface area contributed by atoms with Crippen molar-refractivity contribution in [1.29, 1.82) is 0 Å². The van der Waals surface area contributed by atoms with Gasteiger partial charge in [0.15, 0.2) is 0 Å². The van der Waals surface area contributed by atoms with Crippen LogP contribution in [-0.2, 0) is 6.54 Å². The highest BCUT2D eigenvalue weighted by Crippen LogP contribution is 2.02. The molecule has 4 nitrogen and oxygen atoms in total. The Bertz CT molecular complexity index is 269. The number of carbonyl (C=O) groups excluding carboxylic acids is 1. The fourth-order valence-corrected chi connectivity index (χ4v) is 0.878. The largest absolute Gasteiger partial charge is 0.366 e. The van der Waals surface area contributed by atoms with Gasteiger partial charge < -0.3 is 10.9 Å².